The van der Waals surface area contributed by atoms with Gasteiger partial charge < -0.3 is 5.11 Å². The van der Waals surface area contributed by atoms with E-state index in [9.17, 15) is 0 Å². The lowest BCUT2D eigenvalue weighted by molar-refractivity contribution is 0.431. The van der Waals surface area contributed by atoms with E-state index < -0.39 is 0 Å². The fourth-order valence-corrected chi connectivity index (χ4v) is 0.267. The Bertz CT molecular complexity index is 123. The summed E-state index contributed by atoms with van der Waals surface area (Å²) in [6.45, 7) is 11.9. The zero-order chi connectivity index (χ0) is 11.3. The molecule has 0 amide bonds. The molecule has 1 atom stereocenters. The van der Waals surface area contributed by atoms with Crippen molar-refractivity contribution in [2.75, 3.05) is 0 Å². The predicted molar refractivity (Wildman–Crippen MR) is 67.4 cm³/mol. The van der Waals surface area contributed by atoms with Crippen molar-refractivity contribution in [2.45, 2.75) is 47.2 Å². The van der Waals surface area contributed by atoms with Crippen LogP contribution in [0, 0.1) is 0 Å². The van der Waals surface area contributed by atoms with Crippen LogP contribution in [-0.2, 0) is 0 Å². The molecule has 0 aromatic heterocycles. The van der Waals surface area contributed by atoms with Gasteiger partial charge in [-0.05, 0) is 31.7 Å². The molecule has 0 saturated carbocycles. The third-order valence-electron chi connectivity index (χ3n) is 0.633. The zero-order valence-corrected chi connectivity index (χ0v) is 11.0. The Morgan fingerprint density at radius 2 is 1.54 bits per heavy atom. The van der Waals surface area contributed by atoms with Crippen molar-refractivity contribution >= 4 is 9.24 Å². The van der Waals surface area contributed by atoms with Crippen LogP contribution in [0.3, 0.4) is 0 Å². The summed E-state index contributed by atoms with van der Waals surface area (Å²) >= 11 is 0. The number of hydrogen-bond donors (Lipinski definition) is 1. The van der Waals surface area contributed by atoms with Crippen LogP contribution in [0.2, 0.25) is 0 Å². The lowest BCUT2D eigenvalue weighted by atomic mass is 10.4. The summed E-state index contributed by atoms with van der Waals surface area (Å²) in [7, 11) is 2.66. The Balaban J connectivity index is -0.000000142. The normalized spacial score (nSPS) is 10.3. The third kappa shape index (κ3) is 49.8. The number of aliphatic hydroxyl groups excluding tert-OH is 1. The molecule has 2 heteroatoms. The molecule has 0 aromatic carbocycles. The summed E-state index contributed by atoms with van der Waals surface area (Å²) in [6.07, 6.45) is 5.06. The first-order chi connectivity index (χ1) is 6.04. The van der Waals surface area contributed by atoms with Gasteiger partial charge in [0.05, 0.1) is 0 Å². The monoisotopic (exact) mass is 204 g/mol. The summed E-state index contributed by atoms with van der Waals surface area (Å²) in [5.74, 6) is 0.322. The van der Waals surface area contributed by atoms with E-state index in [0.717, 1.165) is 5.66 Å². The van der Waals surface area contributed by atoms with Crippen LogP contribution in [-0.4, -0.2) is 10.8 Å². The van der Waals surface area contributed by atoms with E-state index >= 15 is 0 Å². The molecular weight excluding hydrogens is 179 g/mol. The van der Waals surface area contributed by atoms with Crippen molar-refractivity contribution in [3.8, 4) is 0 Å². The number of hydrogen-bond acceptors (Lipinski definition) is 1. The van der Waals surface area contributed by atoms with Crippen molar-refractivity contribution in [3.05, 3.63) is 24.0 Å². The van der Waals surface area contributed by atoms with Crippen molar-refractivity contribution in [3.63, 3.8) is 0 Å². The Labute approximate surface area is 86.1 Å². The summed E-state index contributed by atoms with van der Waals surface area (Å²) in [4.78, 5) is 0. The average molecular weight is 204 g/mol. The molecule has 0 bridgehead atoms. The zero-order valence-electron chi connectivity index (χ0n) is 9.83. The van der Waals surface area contributed by atoms with E-state index in [1.807, 2.05) is 20.8 Å². The van der Waals surface area contributed by atoms with Gasteiger partial charge >= 0.3 is 0 Å². The highest BCUT2D eigenvalue weighted by molar-refractivity contribution is 7.17. The SMILES string of the molecule is C/C=C\C(O)=C/C.CC.CC(C)P. The van der Waals surface area contributed by atoms with Gasteiger partial charge in [0, 0.05) is 0 Å². The summed E-state index contributed by atoms with van der Waals surface area (Å²) in [6, 6.07) is 0. The second kappa shape index (κ2) is 17.7. The highest BCUT2D eigenvalue weighted by Gasteiger charge is 1.72. The van der Waals surface area contributed by atoms with Crippen LogP contribution >= 0.6 is 9.24 Å². The Hall–Kier alpha value is -0.290. The van der Waals surface area contributed by atoms with Crippen LogP contribution in [0.15, 0.2) is 24.0 Å². The fraction of sp³-hybridized carbons (Fsp3) is 0.636. The fourth-order valence-electron chi connectivity index (χ4n) is 0.267. The van der Waals surface area contributed by atoms with Gasteiger partial charge in [-0.1, -0.05) is 33.8 Å². The van der Waals surface area contributed by atoms with Crippen LogP contribution in [0.1, 0.15) is 41.5 Å². The largest absolute Gasteiger partial charge is 0.508 e. The molecule has 1 N–H and O–H groups in total. The number of allylic oxidation sites excluding steroid dienone is 3. The minimum atomic E-state index is 0.322. The highest BCUT2D eigenvalue weighted by atomic mass is 31.0. The molecule has 0 rings (SSSR count). The van der Waals surface area contributed by atoms with Gasteiger partial charge in [0.1, 0.15) is 5.76 Å². The Morgan fingerprint density at radius 1 is 1.23 bits per heavy atom. The quantitative estimate of drug-likeness (QED) is 0.383. The maximum Gasteiger partial charge on any atom is 0.110 e. The van der Waals surface area contributed by atoms with Crippen LogP contribution in [0.25, 0.3) is 0 Å². The Morgan fingerprint density at radius 3 is 1.62 bits per heavy atom. The van der Waals surface area contributed by atoms with Crippen LogP contribution in [0.5, 0.6) is 0 Å². The minimum absolute atomic E-state index is 0.322. The molecular formula is C11H25OP. The third-order valence-corrected chi connectivity index (χ3v) is 0.633. The van der Waals surface area contributed by atoms with Crippen molar-refractivity contribution < 1.29 is 5.11 Å². The first-order valence-electron chi connectivity index (χ1n) is 4.78. The topological polar surface area (TPSA) is 20.2 Å². The summed E-state index contributed by atoms with van der Waals surface area (Å²) < 4.78 is 0. The molecule has 0 aromatic rings. The molecule has 1 unspecified atom stereocenters. The minimum Gasteiger partial charge on any atom is -0.508 e. The smallest absolute Gasteiger partial charge is 0.110 e. The summed E-state index contributed by atoms with van der Waals surface area (Å²) in [5, 5.41) is 8.63. The van der Waals surface area contributed by atoms with E-state index in [-0.39, 0.29) is 0 Å². The maximum absolute atomic E-state index is 8.63. The molecule has 0 heterocycles. The van der Waals surface area contributed by atoms with Crippen LogP contribution in [0.4, 0.5) is 0 Å². The van der Waals surface area contributed by atoms with Crippen LogP contribution < -0.4 is 0 Å². The lowest BCUT2D eigenvalue weighted by Crippen LogP contribution is -1.69. The highest BCUT2D eigenvalue weighted by Crippen LogP contribution is 1.90. The molecule has 0 aliphatic heterocycles. The van der Waals surface area contributed by atoms with Gasteiger partial charge in [0.15, 0.2) is 0 Å². The summed E-state index contributed by atoms with van der Waals surface area (Å²) in [5.41, 5.74) is 0.750. The molecule has 1 nitrogen and oxygen atoms in total. The second-order valence-corrected chi connectivity index (χ2v) is 3.79. The van der Waals surface area contributed by atoms with Crippen molar-refractivity contribution in [1.29, 1.82) is 0 Å². The molecule has 0 aliphatic rings. The van der Waals surface area contributed by atoms with Crippen molar-refractivity contribution in [1.82, 2.24) is 0 Å². The molecule has 0 aliphatic carbocycles. The second-order valence-electron chi connectivity index (χ2n) is 2.46. The van der Waals surface area contributed by atoms with Gasteiger partial charge in [-0.2, -0.15) is 0 Å². The van der Waals surface area contributed by atoms with E-state index in [2.05, 4.69) is 23.1 Å². The maximum atomic E-state index is 8.63. The van der Waals surface area contributed by atoms with Crippen molar-refractivity contribution in [2.24, 2.45) is 0 Å². The van der Waals surface area contributed by atoms with E-state index in [1.54, 1.807) is 25.2 Å². The molecule has 13 heavy (non-hydrogen) atoms. The standard InChI is InChI=1S/C6H10O.C3H9P.C2H6/c1-3-5-6(7)4-2;1-3(2)4;1-2/h3-5,7H,1-2H3;3H,4H2,1-2H3;1-2H3/b5-3-,6-4+;;. The molecule has 0 spiro atoms. The van der Waals surface area contributed by atoms with Gasteiger partial charge in [-0.15, -0.1) is 9.24 Å². The van der Waals surface area contributed by atoms with Gasteiger partial charge in [-0.3, -0.25) is 0 Å². The molecule has 0 fully saturated rings. The molecule has 80 valence electrons. The first-order valence-corrected chi connectivity index (χ1v) is 5.44. The molecule has 0 saturated heterocycles. The van der Waals surface area contributed by atoms with E-state index in [4.69, 9.17) is 5.11 Å². The lowest BCUT2D eigenvalue weighted by Gasteiger charge is -1.81. The van der Waals surface area contributed by atoms with Gasteiger partial charge in [-0.25, -0.2) is 0 Å². The number of aliphatic hydroxyl groups is 1. The number of rotatable bonds is 1. The first kappa shape index (κ1) is 18.5. The Kier molecular flexibility index (Phi) is 25.2. The average Bonchev–Trinajstić information content (AvgIpc) is 2.07. The van der Waals surface area contributed by atoms with E-state index in [1.165, 1.54) is 0 Å². The van der Waals surface area contributed by atoms with E-state index in [0.29, 0.717) is 5.76 Å². The molecule has 0 radical (unpaired) electrons. The van der Waals surface area contributed by atoms with Gasteiger partial charge in [0.2, 0.25) is 0 Å². The van der Waals surface area contributed by atoms with Gasteiger partial charge in [0.25, 0.3) is 0 Å². The predicted octanol–water partition coefficient (Wildman–Crippen LogP) is 4.32.